The molecule has 0 aliphatic carbocycles. The van der Waals surface area contributed by atoms with E-state index in [0.29, 0.717) is 12.4 Å². The van der Waals surface area contributed by atoms with E-state index >= 15 is 0 Å². The fourth-order valence-corrected chi connectivity index (χ4v) is 4.25. The average Bonchev–Trinajstić information content (AvgIpc) is 3.38. The zero-order valence-electron chi connectivity index (χ0n) is 18.9. The number of para-hydroxylation sites is 2. The van der Waals surface area contributed by atoms with Crippen LogP contribution >= 0.6 is 0 Å². The van der Waals surface area contributed by atoms with Crippen LogP contribution in [0.15, 0.2) is 48.5 Å². The van der Waals surface area contributed by atoms with Gasteiger partial charge in [-0.05, 0) is 49.3 Å². The van der Waals surface area contributed by atoms with Gasteiger partial charge < -0.3 is 14.4 Å². The third-order valence-electron chi connectivity index (χ3n) is 6.13. The second-order valence-electron chi connectivity index (χ2n) is 8.14. The number of aromatic nitrogens is 2. The molecule has 3 aromatic rings. The van der Waals surface area contributed by atoms with Gasteiger partial charge in [0.1, 0.15) is 0 Å². The normalized spacial score (nSPS) is 14.0. The molecular formula is C25H31N5O2. The number of fused-ring (bicyclic) bond motifs is 1. The highest BCUT2D eigenvalue weighted by Crippen LogP contribution is 2.23. The van der Waals surface area contributed by atoms with Gasteiger partial charge in [-0.1, -0.05) is 38.1 Å². The van der Waals surface area contributed by atoms with Gasteiger partial charge in [0, 0.05) is 31.7 Å². The summed E-state index contributed by atoms with van der Waals surface area (Å²) in [4.78, 5) is 33.6. The predicted octanol–water partition coefficient (Wildman–Crippen LogP) is 3.69. The van der Waals surface area contributed by atoms with Gasteiger partial charge in [0.05, 0.1) is 17.5 Å². The third kappa shape index (κ3) is 4.83. The molecule has 7 heteroatoms. The molecule has 32 heavy (non-hydrogen) atoms. The second-order valence-corrected chi connectivity index (χ2v) is 8.14. The molecule has 0 atom stereocenters. The van der Waals surface area contributed by atoms with Gasteiger partial charge in [-0.15, -0.1) is 0 Å². The van der Waals surface area contributed by atoms with Crippen molar-refractivity contribution in [3.63, 3.8) is 0 Å². The molecule has 0 saturated carbocycles. The summed E-state index contributed by atoms with van der Waals surface area (Å²) in [5, 5.41) is 3.01. The van der Waals surface area contributed by atoms with Gasteiger partial charge in [0.15, 0.2) is 0 Å². The molecule has 0 unspecified atom stereocenters. The van der Waals surface area contributed by atoms with Gasteiger partial charge in [0.25, 0.3) is 0 Å². The lowest BCUT2D eigenvalue weighted by Gasteiger charge is -2.19. The highest BCUT2D eigenvalue weighted by atomic mass is 16.2. The summed E-state index contributed by atoms with van der Waals surface area (Å²) in [7, 11) is 0. The van der Waals surface area contributed by atoms with Gasteiger partial charge in [0.2, 0.25) is 17.8 Å². The van der Waals surface area contributed by atoms with Crippen LogP contribution in [-0.4, -0.2) is 52.4 Å². The second kappa shape index (κ2) is 9.96. The van der Waals surface area contributed by atoms with E-state index in [1.54, 1.807) is 0 Å². The smallest absolute Gasteiger partial charge is 0.231 e. The van der Waals surface area contributed by atoms with Crippen LogP contribution < -0.4 is 10.2 Å². The third-order valence-corrected chi connectivity index (χ3v) is 6.13. The van der Waals surface area contributed by atoms with E-state index in [1.165, 1.54) is 0 Å². The Balaban J connectivity index is 1.46. The number of likely N-dealkylation sites (N-methyl/N-ethyl adjacent to an activating group) is 1. The Bertz CT molecular complexity index is 1090. The maximum atomic E-state index is 12.8. The number of anilines is 2. The van der Waals surface area contributed by atoms with Crippen molar-refractivity contribution < 1.29 is 9.59 Å². The Morgan fingerprint density at radius 3 is 2.53 bits per heavy atom. The first kappa shape index (κ1) is 22.0. The summed E-state index contributed by atoms with van der Waals surface area (Å²) >= 11 is 0. The number of imidazole rings is 1. The summed E-state index contributed by atoms with van der Waals surface area (Å²) in [6.07, 6.45) is 1.77. The number of benzene rings is 2. The van der Waals surface area contributed by atoms with Gasteiger partial charge in [-0.25, -0.2) is 4.98 Å². The first-order chi connectivity index (χ1) is 15.6. The molecule has 1 fully saturated rings. The standard InChI is InChI=1S/C25H31N5O2/c1-3-28(4-2)16-17-30-22-9-6-5-8-21(22)26-25(30)27-23(31)18-19-11-13-20(14-12-19)29-15-7-10-24(29)32/h5-6,8-9,11-14H,3-4,7,10,15-18H2,1-2H3,(H,26,27,31). The lowest BCUT2D eigenvalue weighted by molar-refractivity contribution is -0.117. The summed E-state index contributed by atoms with van der Waals surface area (Å²) in [6, 6.07) is 15.7. The first-order valence-electron chi connectivity index (χ1n) is 11.5. The maximum absolute atomic E-state index is 12.8. The van der Waals surface area contributed by atoms with Crippen molar-refractivity contribution in [2.24, 2.45) is 0 Å². The number of amides is 2. The molecule has 4 rings (SSSR count). The van der Waals surface area contributed by atoms with Gasteiger partial charge in [-0.2, -0.15) is 0 Å². The Kier molecular flexibility index (Phi) is 6.85. The molecule has 0 radical (unpaired) electrons. The van der Waals surface area contributed by atoms with E-state index in [2.05, 4.69) is 33.6 Å². The lowest BCUT2D eigenvalue weighted by Crippen LogP contribution is -2.28. The lowest BCUT2D eigenvalue weighted by atomic mass is 10.1. The minimum Gasteiger partial charge on any atom is -0.312 e. The number of nitrogens with one attached hydrogen (secondary N) is 1. The van der Waals surface area contributed by atoms with Crippen LogP contribution in [0.4, 0.5) is 11.6 Å². The number of rotatable bonds is 9. The van der Waals surface area contributed by atoms with Crippen LogP contribution in [-0.2, 0) is 22.6 Å². The zero-order valence-corrected chi connectivity index (χ0v) is 18.9. The minimum atomic E-state index is -0.102. The van der Waals surface area contributed by atoms with Crippen LogP contribution in [0.3, 0.4) is 0 Å². The molecule has 1 N–H and O–H groups in total. The van der Waals surface area contributed by atoms with Crippen molar-refractivity contribution in [1.29, 1.82) is 0 Å². The number of nitrogens with zero attached hydrogens (tertiary/aromatic N) is 4. The van der Waals surface area contributed by atoms with Gasteiger partial charge >= 0.3 is 0 Å². The van der Waals surface area contributed by atoms with Crippen molar-refractivity contribution >= 4 is 34.5 Å². The van der Waals surface area contributed by atoms with Crippen LogP contribution in [0.2, 0.25) is 0 Å². The largest absolute Gasteiger partial charge is 0.312 e. The maximum Gasteiger partial charge on any atom is 0.231 e. The molecule has 0 spiro atoms. The number of hydrogen-bond donors (Lipinski definition) is 1. The summed E-state index contributed by atoms with van der Waals surface area (Å²) in [5.41, 5.74) is 3.70. The number of carbonyl (C=O) groups is 2. The summed E-state index contributed by atoms with van der Waals surface area (Å²) in [6.45, 7) is 8.71. The van der Waals surface area contributed by atoms with E-state index in [9.17, 15) is 9.59 Å². The van der Waals surface area contributed by atoms with Crippen LogP contribution in [0.5, 0.6) is 0 Å². The van der Waals surface area contributed by atoms with Crippen molar-refractivity contribution in [2.45, 2.75) is 39.7 Å². The average molecular weight is 434 g/mol. The SMILES string of the molecule is CCN(CC)CCn1c(NC(=O)Cc2ccc(N3CCCC3=O)cc2)nc2ccccc21. The van der Waals surface area contributed by atoms with E-state index < -0.39 is 0 Å². The first-order valence-corrected chi connectivity index (χ1v) is 11.5. The van der Waals surface area contributed by atoms with Crippen LogP contribution in [0.25, 0.3) is 11.0 Å². The van der Waals surface area contributed by atoms with E-state index in [4.69, 9.17) is 0 Å². The minimum absolute atomic E-state index is 0.102. The van der Waals surface area contributed by atoms with E-state index in [0.717, 1.165) is 61.4 Å². The zero-order chi connectivity index (χ0) is 22.5. The fraction of sp³-hybridized carbons (Fsp3) is 0.400. The molecule has 168 valence electrons. The molecule has 7 nitrogen and oxygen atoms in total. The monoisotopic (exact) mass is 433 g/mol. The van der Waals surface area contributed by atoms with Crippen molar-refractivity contribution in [3.8, 4) is 0 Å². The Labute approximate surface area is 189 Å². The summed E-state index contributed by atoms with van der Waals surface area (Å²) in [5.74, 6) is 0.649. The van der Waals surface area contributed by atoms with Crippen molar-refractivity contribution in [2.75, 3.05) is 36.4 Å². The highest BCUT2D eigenvalue weighted by molar-refractivity contribution is 5.95. The highest BCUT2D eigenvalue weighted by Gasteiger charge is 2.21. The Hall–Kier alpha value is -3.19. The number of carbonyl (C=O) groups excluding carboxylic acids is 2. The number of hydrogen-bond acceptors (Lipinski definition) is 4. The molecule has 2 aromatic carbocycles. The van der Waals surface area contributed by atoms with Gasteiger partial charge in [-0.3, -0.25) is 14.9 Å². The molecule has 1 aromatic heterocycles. The molecule has 1 aliphatic heterocycles. The van der Waals surface area contributed by atoms with Crippen molar-refractivity contribution in [1.82, 2.24) is 14.5 Å². The van der Waals surface area contributed by atoms with Crippen LogP contribution in [0.1, 0.15) is 32.3 Å². The van der Waals surface area contributed by atoms with E-state index in [-0.39, 0.29) is 18.2 Å². The summed E-state index contributed by atoms with van der Waals surface area (Å²) < 4.78 is 2.09. The van der Waals surface area contributed by atoms with Crippen molar-refractivity contribution in [3.05, 3.63) is 54.1 Å². The quantitative estimate of drug-likeness (QED) is 0.559. The Morgan fingerprint density at radius 1 is 1.09 bits per heavy atom. The molecule has 2 heterocycles. The molecule has 1 aliphatic rings. The fourth-order valence-electron chi connectivity index (χ4n) is 4.25. The predicted molar refractivity (Wildman–Crippen MR) is 128 cm³/mol. The topological polar surface area (TPSA) is 70.5 Å². The molecule has 2 amide bonds. The van der Waals surface area contributed by atoms with E-state index in [1.807, 2.05) is 53.4 Å². The molecule has 0 bridgehead atoms. The molecular weight excluding hydrogens is 402 g/mol. The van der Waals surface area contributed by atoms with Crippen LogP contribution in [0, 0.1) is 0 Å². The Morgan fingerprint density at radius 2 is 1.84 bits per heavy atom. The molecule has 1 saturated heterocycles.